The van der Waals surface area contributed by atoms with Crippen LogP contribution in [0.25, 0.3) is 0 Å². The lowest BCUT2D eigenvalue weighted by Gasteiger charge is -2.14. The second-order valence-electron chi connectivity index (χ2n) is 4.26. The molecule has 1 atom stereocenters. The van der Waals surface area contributed by atoms with E-state index in [4.69, 9.17) is 4.84 Å². The number of hydrogen-bond donors (Lipinski definition) is 3. The predicted molar refractivity (Wildman–Crippen MR) is 62.0 cm³/mol. The highest BCUT2D eigenvalue weighted by Gasteiger charge is 2.22. The topological polar surface area (TPSA) is 79.0 Å². The zero-order valence-electron chi connectivity index (χ0n) is 9.90. The lowest BCUT2D eigenvalue weighted by atomic mass is 10.2. The number of nitrogens with zero attached hydrogens (tertiary/aromatic N) is 1. The van der Waals surface area contributed by atoms with Gasteiger partial charge in [-0.1, -0.05) is 6.92 Å². The number of aromatic amines is 1. The molecule has 1 aromatic rings. The van der Waals surface area contributed by atoms with E-state index in [0.29, 0.717) is 5.92 Å². The van der Waals surface area contributed by atoms with Gasteiger partial charge in [-0.15, -0.1) is 0 Å². The van der Waals surface area contributed by atoms with E-state index in [0.717, 1.165) is 18.7 Å². The molecule has 94 valence electrons. The van der Waals surface area contributed by atoms with Crippen LogP contribution < -0.4 is 10.8 Å². The minimum atomic E-state index is -0.286. The molecule has 0 bridgehead atoms. The van der Waals surface area contributed by atoms with E-state index < -0.39 is 0 Å². The van der Waals surface area contributed by atoms with Gasteiger partial charge in [0.2, 0.25) is 0 Å². The lowest BCUT2D eigenvalue weighted by Crippen LogP contribution is -2.37. The summed E-state index contributed by atoms with van der Waals surface area (Å²) >= 11 is 0. The highest BCUT2D eigenvalue weighted by Crippen LogP contribution is 2.27. The number of carbonyl (C=O) groups excluding carboxylic acids is 1. The monoisotopic (exact) mass is 238 g/mol. The van der Waals surface area contributed by atoms with Crippen LogP contribution in [0.5, 0.6) is 0 Å². The first-order valence-electron chi connectivity index (χ1n) is 5.97. The molecule has 2 rings (SSSR count). The maximum atomic E-state index is 11.4. The summed E-state index contributed by atoms with van der Waals surface area (Å²) in [5.41, 5.74) is 3.19. The van der Waals surface area contributed by atoms with Gasteiger partial charge < -0.3 is 10.3 Å². The summed E-state index contributed by atoms with van der Waals surface area (Å²) in [6.45, 7) is 2.71. The Bertz CT molecular complexity index is 348. The van der Waals surface area contributed by atoms with Gasteiger partial charge in [0.15, 0.2) is 0 Å². The van der Waals surface area contributed by atoms with Crippen LogP contribution in [0.4, 0.5) is 4.79 Å². The summed E-state index contributed by atoms with van der Waals surface area (Å²) in [4.78, 5) is 23.7. The van der Waals surface area contributed by atoms with Crippen LogP contribution in [0.1, 0.15) is 38.0 Å². The number of hydrogen-bond acceptors (Lipinski definition) is 3. The molecule has 6 nitrogen and oxygen atoms in total. The van der Waals surface area contributed by atoms with E-state index >= 15 is 0 Å². The van der Waals surface area contributed by atoms with Gasteiger partial charge >= 0.3 is 6.03 Å². The van der Waals surface area contributed by atoms with Crippen molar-refractivity contribution in [3.05, 3.63) is 18.2 Å². The van der Waals surface area contributed by atoms with E-state index in [1.165, 1.54) is 12.8 Å². The van der Waals surface area contributed by atoms with Crippen LogP contribution in [-0.4, -0.2) is 22.5 Å². The van der Waals surface area contributed by atoms with Crippen molar-refractivity contribution in [3.63, 3.8) is 0 Å². The van der Waals surface area contributed by atoms with Gasteiger partial charge in [-0.25, -0.2) is 15.3 Å². The van der Waals surface area contributed by atoms with Crippen molar-refractivity contribution in [2.45, 2.75) is 32.3 Å². The maximum absolute atomic E-state index is 11.4. The highest BCUT2D eigenvalue weighted by molar-refractivity contribution is 5.72. The normalized spacial score (nSPS) is 16.5. The average molecular weight is 238 g/mol. The number of nitrogens with one attached hydrogen (secondary N) is 3. The van der Waals surface area contributed by atoms with E-state index in [2.05, 4.69) is 20.8 Å². The number of rotatable bonds is 6. The molecule has 1 fully saturated rings. The number of urea groups is 1. The molecule has 1 heterocycles. The van der Waals surface area contributed by atoms with Gasteiger partial charge in [0.05, 0.1) is 12.0 Å². The first-order valence-corrected chi connectivity index (χ1v) is 5.97. The molecule has 0 radical (unpaired) electrons. The third kappa shape index (κ3) is 3.74. The molecule has 1 unspecified atom stereocenters. The van der Waals surface area contributed by atoms with Gasteiger partial charge in [-0.05, 0) is 25.2 Å². The minimum absolute atomic E-state index is 0.215. The van der Waals surface area contributed by atoms with Crippen molar-refractivity contribution in [2.24, 2.45) is 5.92 Å². The predicted octanol–water partition coefficient (Wildman–Crippen LogP) is 1.50. The fraction of sp³-hybridized carbons (Fsp3) is 0.636. The molecule has 2 amide bonds. The van der Waals surface area contributed by atoms with Crippen molar-refractivity contribution in [2.75, 3.05) is 6.54 Å². The molecular weight excluding hydrogens is 220 g/mol. The number of hydroxylamine groups is 1. The Hall–Kier alpha value is -1.56. The molecule has 0 spiro atoms. The quantitative estimate of drug-likeness (QED) is 0.657. The standard InChI is InChI=1S/C11H18N4O2/c1-2-10(9-6-12-7-14-9)17-15-11(16)13-5-8-3-4-8/h6-8,10H,2-5H2,1H3,(H,12,14)(H2,13,15,16). The van der Waals surface area contributed by atoms with Crippen LogP contribution in [0.2, 0.25) is 0 Å². The molecule has 3 N–H and O–H groups in total. The van der Waals surface area contributed by atoms with E-state index in [1.54, 1.807) is 12.5 Å². The SMILES string of the molecule is CCC(ONC(=O)NCC1CC1)c1c[nH]cn1. The van der Waals surface area contributed by atoms with Gasteiger partial charge in [0.1, 0.15) is 6.10 Å². The minimum Gasteiger partial charge on any atom is -0.351 e. The number of aromatic nitrogens is 2. The zero-order chi connectivity index (χ0) is 12.1. The summed E-state index contributed by atoms with van der Waals surface area (Å²) in [6, 6.07) is -0.286. The largest absolute Gasteiger partial charge is 0.351 e. The Morgan fingerprint density at radius 1 is 1.71 bits per heavy atom. The molecule has 1 aromatic heterocycles. The molecule has 1 aliphatic carbocycles. The van der Waals surface area contributed by atoms with E-state index in [-0.39, 0.29) is 12.1 Å². The van der Waals surface area contributed by atoms with Crippen molar-refractivity contribution in [1.82, 2.24) is 20.8 Å². The number of carbonyl (C=O) groups is 1. The first kappa shape index (κ1) is 11.9. The molecular formula is C11H18N4O2. The van der Waals surface area contributed by atoms with Crippen LogP contribution >= 0.6 is 0 Å². The third-order valence-corrected chi connectivity index (χ3v) is 2.76. The van der Waals surface area contributed by atoms with Crippen molar-refractivity contribution in [3.8, 4) is 0 Å². The first-order chi connectivity index (χ1) is 8.29. The van der Waals surface area contributed by atoms with Crippen LogP contribution in [-0.2, 0) is 4.84 Å². The third-order valence-electron chi connectivity index (χ3n) is 2.76. The number of H-pyrrole nitrogens is 1. The second-order valence-corrected chi connectivity index (χ2v) is 4.26. The second kappa shape index (κ2) is 5.67. The highest BCUT2D eigenvalue weighted by atomic mass is 16.7. The average Bonchev–Trinajstić information content (AvgIpc) is 3.02. The van der Waals surface area contributed by atoms with Gasteiger partial charge in [-0.2, -0.15) is 0 Å². The number of imidazole rings is 1. The van der Waals surface area contributed by atoms with Crippen molar-refractivity contribution >= 4 is 6.03 Å². The molecule has 6 heteroatoms. The molecule has 0 aromatic carbocycles. The van der Waals surface area contributed by atoms with Crippen LogP contribution in [0.15, 0.2) is 12.5 Å². The molecule has 0 aliphatic heterocycles. The summed E-state index contributed by atoms with van der Waals surface area (Å²) < 4.78 is 0. The maximum Gasteiger partial charge on any atom is 0.338 e. The van der Waals surface area contributed by atoms with E-state index in [1.807, 2.05) is 6.92 Å². The summed E-state index contributed by atoms with van der Waals surface area (Å²) in [6.07, 6.45) is 6.31. The van der Waals surface area contributed by atoms with Crippen molar-refractivity contribution < 1.29 is 9.63 Å². The Labute approximate surface area is 100 Å². The summed E-state index contributed by atoms with van der Waals surface area (Å²) in [7, 11) is 0. The summed E-state index contributed by atoms with van der Waals surface area (Å²) in [5, 5.41) is 2.77. The van der Waals surface area contributed by atoms with Gasteiger partial charge in [-0.3, -0.25) is 4.84 Å². The van der Waals surface area contributed by atoms with Crippen LogP contribution in [0.3, 0.4) is 0 Å². The fourth-order valence-corrected chi connectivity index (χ4v) is 1.52. The van der Waals surface area contributed by atoms with Gasteiger partial charge in [0.25, 0.3) is 0 Å². The Balaban J connectivity index is 1.69. The Morgan fingerprint density at radius 3 is 3.12 bits per heavy atom. The molecule has 17 heavy (non-hydrogen) atoms. The van der Waals surface area contributed by atoms with Crippen LogP contribution in [0, 0.1) is 5.92 Å². The lowest BCUT2D eigenvalue weighted by molar-refractivity contribution is -0.00962. The smallest absolute Gasteiger partial charge is 0.338 e. The van der Waals surface area contributed by atoms with Gasteiger partial charge in [0, 0.05) is 12.7 Å². The molecule has 1 saturated carbocycles. The Morgan fingerprint density at radius 2 is 2.53 bits per heavy atom. The number of amides is 2. The molecule has 1 aliphatic rings. The fourth-order valence-electron chi connectivity index (χ4n) is 1.52. The van der Waals surface area contributed by atoms with E-state index in [9.17, 15) is 4.79 Å². The zero-order valence-corrected chi connectivity index (χ0v) is 9.90. The molecule has 0 saturated heterocycles. The summed E-state index contributed by atoms with van der Waals surface area (Å²) in [5.74, 6) is 0.661. The Kier molecular flexibility index (Phi) is 3.98. The van der Waals surface area contributed by atoms with Crippen molar-refractivity contribution in [1.29, 1.82) is 0 Å².